The van der Waals surface area contributed by atoms with E-state index in [1.807, 2.05) is 66.2 Å². The Bertz CT molecular complexity index is 2110. The molecule has 10 heteroatoms. The van der Waals surface area contributed by atoms with E-state index in [4.69, 9.17) is 5.73 Å². The number of anilines is 1. The molecule has 0 aliphatic heterocycles. The van der Waals surface area contributed by atoms with Crippen LogP contribution in [0.15, 0.2) is 104 Å². The molecule has 7 aromatic rings. The number of nitrogen functional groups attached to an aromatic ring is 1. The molecule has 0 bridgehead atoms. The van der Waals surface area contributed by atoms with E-state index in [-0.39, 0.29) is 0 Å². The maximum atomic E-state index is 6.27. The molecule has 46 heavy (non-hydrogen) atoms. The summed E-state index contributed by atoms with van der Waals surface area (Å²) in [5.41, 5.74) is 16.8. The molecule has 0 aliphatic carbocycles. The van der Waals surface area contributed by atoms with Crippen molar-refractivity contribution in [2.24, 2.45) is 7.05 Å². The SMILES string of the molecule is Cc1cc(N)c(-c2nnn(-c3ccc(CCN(Cc4cccc(-n5ccnc5)c4)Cc4ccc5c(cnn5C)c4)cc3)n2)cc1C. The van der Waals surface area contributed by atoms with E-state index in [9.17, 15) is 0 Å². The summed E-state index contributed by atoms with van der Waals surface area (Å²) in [6, 6.07) is 27.6. The molecule has 10 nitrogen and oxygen atoms in total. The van der Waals surface area contributed by atoms with E-state index in [0.29, 0.717) is 11.5 Å². The van der Waals surface area contributed by atoms with Crippen LogP contribution >= 0.6 is 0 Å². The molecule has 3 heterocycles. The molecule has 0 unspecified atom stereocenters. The van der Waals surface area contributed by atoms with E-state index in [0.717, 1.165) is 65.0 Å². The van der Waals surface area contributed by atoms with E-state index in [2.05, 4.69) is 91.9 Å². The summed E-state index contributed by atoms with van der Waals surface area (Å²) < 4.78 is 3.95. The second-order valence-corrected chi connectivity index (χ2v) is 11.9. The van der Waals surface area contributed by atoms with Crippen LogP contribution in [0.1, 0.15) is 27.8 Å². The fourth-order valence-corrected chi connectivity index (χ4v) is 5.82. The molecule has 230 valence electrons. The van der Waals surface area contributed by atoms with Crippen molar-refractivity contribution in [3.8, 4) is 22.8 Å². The predicted octanol–water partition coefficient (Wildman–Crippen LogP) is 5.85. The Morgan fingerprint density at radius 1 is 0.826 bits per heavy atom. The summed E-state index contributed by atoms with van der Waals surface area (Å²) in [7, 11) is 1.98. The number of benzene rings is 4. The Morgan fingerprint density at radius 2 is 1.61 bits per heavy atom. The molecule has 0 atom stereocenters. The van der Waals surface area contributed by atoms with Gasteiger partial charge in [-0.25, -0.2) is 4.98 Å². The molecule has 0 spiro atoms. The van der Waals surface area contributed by atoms with Crippen molar-refractivity contribution < 1.29 is 0 Å². The van der Waals surface area contributed by atoms with Crippen LogP contribution in [0.5, 0.6) is 0 Å². The third-order valence-corrected chi connectivity index (χ3v) is 8.54. The second kappa shape index (κ2) is 12.4. The van der Waals surface area contributed by atoms with Crippen LogP contribution in [0, 0.1) is 13.8 Å². The third kappa shape index (κ3) is 6.15. The molecule has 0 radical (unpaired) electrons. The van der Waals surface area contributed by atoms with Gasteiger partial charge in [-0.05, 0) is 102 Å². The van der Waals surface area contributed by atoms with E-state index < -0.39 is 0 Å². The van der Waals surface area contributed by atoms with Gasteiger partial charge >= 0.3 is 0 Å². The van der Waals surface area contributed by atoms with Crippen molar-refractivity contribution in [1.82, 2.24) is 44.4 Å². The lowest BCUT2D eigenvalue weighted by Gasteiger charge is -2.23. The third-order valence-electron chi connectivity index (χ3n) is 8.54. The number of aryl methyl sites for hydroxylation is 3. The minimum absolute atomic E-state index is 0.516. The summed E-state index contributed by atoms with van der Waals surface area (Å²) in [4.78, 5) is 8.27. The number of tetrazole rings is 1. The van der Waals surface area contributed by atoms with Crippen LogP contribution in [0.2, 0.25) is 0 Å². The lowest BCUT2D eigenvalue weighted by atomic mass is 10.0. The lowest BCUT2D eigenvalue weighted by molar-refractivity contribution is 0.260. The molecular formula is C36H36N10. The fraction of sp³-hybridized carbons (Fsp3) is 0.194. The normalized spacial score (nSPS) is 11.6. The van der Waals surface area contributed by atoms with E-state index in [1.54, 1.807) is 11.0 Å². The lowest BCUT2D eigenvalue weighted by Crippen LogP contribution is -2.25. The van der Waals surface area contributed by atoms with Gasteiger partial charge in [-0.3, -0.25) is 9.58 Å². The minimum atomic E-state index is 0.516. The molecule has 0 fully saturated rings. The minimum Gasteiger partial charge on any atom is -0.398 e. The summed E-state index contributed by atoms with van der Waals surface area (Å²) in [6.45, 7) is 6.63. The standard InChI is InChI=1S/C36H36N10/c1-25-17-33(34(37)18-26(25)2)36-40-42-46(41-36)31-10-7-27(8-11-31)13-15-44(23-29-9-12-35-30(19-29)21-39-43(35)3)22-28-5-4-6-32(20-28)45-16-14-38-24-45/h4-12,14,16-21,24H,13,15,22-23,37H2,1-3H3. The molecule has 4 aromatic carbocycles. The Morgan fingerprint density at radius 3 is 2.41 bits per heavy atom. The molecule has 0 saturated heterocycles. The van der Waals surface area contributed by atoms with Gasteiger partial charge in [0, 0.05) is 61.4 Å². The Hall–Kier alpha value is -5.61. The molecule has 2 N–H and O–H groups in total. The molecule has 0 aliphatic rings. The molecule has 0 saturated carbocycles. The van der Waals surface area contributed by atoms with E-state index in [1.165, 1.54) is 16.7 Å². The maximum absolute atomic E-state index is 6.27. The van der Waals surface area contributed by atoms with Gasteiger partial charge in [-0.15, -0.1) is 15.0 Å². The van der Waals surface area contributed by atoms with Crippen molar-refractivity contribution in [2.45, 2.75) is 33.4 Å². The van der Waals surface area contributed by atoms with Gasteiger partial charge in [-0.1, -0.05) is 30.3 Å². The number of imidazole rings is 1. The van der Waals surface area contributed by atoms with Crippen molar-refractivity contribution >= 4 is 16.6 Å². The second-order valence-electron chi connectivity index (χ2n) is 11.9. The van der Waals surface area contributed by atoms with Gasteiger partial charge in [0.15, 0.2) is 0 Å². The number of hydrogen-bond donors (Lipinski definition) is 1. The summed E-state index contributed by atoms with van der Waals surface area (Å²) in [5, 5.41) is 18.8. The highest BCUT2D eigenvalue weighted by Gasteiger charge is 2.14. The first-order valence-electron chi connectivity index (χ1n) is 15.4. The molecule has 0 amide bonds. The number of hydrogen-bond acceptors (Lipinski definition) is 7. The van der Waals surface area contributed by atoms with Gasteiger partial charge in [0.2, 0.25) is 5.82 Å². The monoisotopic (exact) mass is 608 g/mol. The first-order valence-corrected chi connectivity index (χ1v) is 15.4. The van der Waals surface area contributed by atoms with Gasteiger partial charge in [0.1, 0.15) is 0 Å². The van der Waals surface area contributed by atoms with Crippen LogP contribution in [0.25, 0.3) is 33.7 Å². The average Bonchev–Trinajstić information content (AvgIpc) is 3.85. The van der Waals surface area contributed by atoms with Crippen LogP contribution in [0.4, 0.5) is 5.69 Å². The Balaban J connectivity index is 1.08. The Labute approximate surface area is 267 Å². The maximum Gasteiger partial charge on any atom is 0.207 e. The fourth-order valence-electron chi connectivity index (χ4n) is 5.82. The number of aromatic nitrogens is 8. The summed E-state index contributed by atoms with van der Waals surface area (Å²) >= 11 is 0. The quantitative estimate of drug-likeness (QED) is 0.194. The number of fused-ring (bicyclic) bond motifs is 1. The smallest absolute Gasteiger partial charge is 0.207 e. The van der Waals surface area contributed by atoms with Crippen LogP contribution in [-0.2, 0) is 26.6 Å². The zero-order chi connectivity index (χ0) is 31.6. The molecule has 7 rings (SSSR count). The zero-order valence-electron chi connectivity index (χ0n) is 26.2. The van der Waals surface area contributed by atoms with E-state index >= 15 is 0 Å². The Kier molecular flexibility index (Phi) is 7.86. The highest BCUT2D eigenvalue weighted by molar-refractivity contribution is 5.79. The van der Waals surface area contributed by atoms with Crippen LogP contribution in [0.3, 0.4) is 0 Å². The van der Waals surface area contributed by atoms with Gasteiger partial charge in [-0.2, -0.15) is 5.10 Å². The topological polar surface area (TPSA) is 109 Å². The van der Waals surface area contributed by atoms with Gasteiger partial charge < -0.3 is 10.3 Å². The largest absolute Gasteiger partial charge is 0.398 e. The van der Waals surface area contributed by atoms with Gasteiger partial charge in [0.25, 0.3) is 0 Å². The van der Waals surface area contributed by atoms with Gasteiger partial charge in [0.05, 0.1) is 23.7 Å². The first kappa shape index (κ1) is 29.1. The number of nitrogens with two attached hydrogens (primary N) is 1. The first-order chi connectivity index (χ1) is 22.4. The summed E-state index contributed by atoms with van der Waals surface area (Å²) in [6.07, 6.45) is 8.43. The number of rotatable bonds is 10. The number of nitrogens with zero attached hydrogens (tertiary/aromatic N) is 9. The summed E-state index contributed by atoms with van der Waals surface area (Å²) in [5.74, 6) is 0.516. The highest BCUT2D eigenvalue weighted by atomic mass is 15.6. The highest BCUT2D eigenvalue weighted by Crippen LogP contribution is 2.26. The van der Waals surface area contributed by atoms with Crippen molar-refractivity contribution in [3.05, 3.63) is 132 Å². The van der Waals surface area contributed by atoms with Crippen LogP contribution in [-0.4, -0.2) is 51.0 Å². The molecule has 3 aromatic heterocycles. The predicted molar refractivity (Wildman–Crippen MR) is 181 cm³/mol. The van der Waals surface area contributed by atoms with Crippen molar-refractivity contribution in [1.29, 1.82) is 0 Å². The van der Waals surface area contributed by atoms with Crippen LogP contribution < -0.4 is 5.73 Å². The van der Waals surface area contributed by atoms with Crippen molar-refractivity contribution in [3.63, 3.8) is 0 Å². The molecular weight excluding hydrogens is 572 g/mol. The zero-order valence-corrected chi connectivity index (χ0v) is 26.2. The average molecular weight is 609 g/mol. The van der Waals surface area contributed by atoms with Crippen molar-refractivity contribution in [2.75, 3.05) is 12.3 Å².